The van der Waals surface area contributed by atoms with Crippen LogP contribution < -0.4 is 10.6 Å². The molecule has 3 aliphatic rings. The van der Waals surface area contributed by atoms with Crippen molar-refractivity contribution in [3.05, 3.63) is 0 Å². The van der Waals surface area contributed by atoms with E-state index in [1.807, 2.05) is 0 Å². The molecule has 0 bridgehead atoms. The van der Waals surface area contributed by atoms with E-state index in [2.05, 4.69) is 15.5 Å². The van der Waals surface area contributed by atoms with Crippen molar-refractivity contribution in [3.63, 3.8) is 0 Å². The summed E-state index contributed by atoms with van der Waals surface area (Å²) in [5.74, 6) is 1.03. The second kappa shape index (κ2) is 6.90. The van der Waals surface area contributed by atoms with Gasteiger partial charge in [0.1, 0.15) is 0 Å². The smallest absolute Gasteiger partial charge is 0.234 e. The molecule has 0 radical (unpaired) electrons. The molecular weight excluding hydrogens is 250 g/mol. The average Bonchev–Trinajstić information content (AvgIpc) is 3.11. The van der Waals surface area contributed by atoms with Crippen LogP contribution >= 0.6 is 0 Å². The van der Waals surface area contributed by atoms with Crippen LogP contribution in [0.2, 0.25) is 0 Å². The molecule has 1 aliphatic heterocycles. The molecule has 114 valence electrons. The summed E-state index contributed by atoms with van der Waals surface area (Å²) >= 11 is 0. The zero-order valence-electron chi connectivity index (χ0n) is 12.6. The summed E-state index contributed by atoms with van der Waals surface area (Å²) in [6, 6.07) is 1.25. The van der Waals surface area contributed by atoms with Crippen molar-refractivity contribution in [2.75, 3.05) is 26.2 Å². The highest BCUT2D eigenvalue weighted by Gasteiger charge is 2.27. The zero-order valence-corrected chi connectivity index (χ0v) is 12.6. The Bertz CT molecular complexity index is 316. The maximum absolute atomic E-state index is 11.9. The lowest BCUT2D eigenvalue weighted by Gasteiger charge is -2.36. The fourth-order valence-corrected chi connectivity index (χ4v) is 3.67. The minimum Gasteiger partial charge on any atom is -0.352 e. The Morgan fingerprint density at radius 1 is 1.00 bits per heavy atom. The highest BCUT2D eigenvalue weighted by Crippen LogP contribution is 2.27. The fourth-order valence-electron chi connectivity index (χ4n) is 3.67. The van der Waals surface area contributed by atoms with E-state index in [1.165, 1.54) is 51.6 Å². The van der Waals surface area contributed by atoms with Crippen LogP contribution in [-0.4, -0.2) is 49.1 Å². The molecule has 3 rings (SSSR count). The lowest BCUT2D eigenvalue weighted by Crippen LogP contribution is -2.49. The van der Waals surface area contributed by atoms with Crippen LogP contribution in [0.1, 0.15) is 51.4 Å². The van der Waals surface area contributed by atoms with Crippen molar-refractivity contribution < 1.29 is 4.79 Å². The highest BCUT2D eigenvalue weighted by atomic mass is 16.1. The minimum atomic E-state index is 0.185. The van der Waals surface area contributed by atoms with Crippen LogP contribution in [0.25, 0.3) is 0 Å². The van der Waals surface area contributed by atoms with Crippen LogP contribution in [0.4, 0.5) is 0 Å². The second-order valence-corrected chi connectivity index (χ2v) is 6.89. The van der Waals surface area contributed by atoms with Gasteiger partial charge in [0.25, 0.3) is 0 Å². The van der Waals surface area contributed by atoms with E-state index in [0.29, 0.717) is 12.6 Å². The van der Waals surface area contributed by atoms with Crippen LogP contribution in [0, 0.1) is 5.92 Å². The van der Waals surface area contributed by atoms with E-state index in [-0.39, 0.29) is 5.91 Å². The van der Waals surface area contributed by atoms with Gasteiger partial charge in [-0.25, -0.2) is 0 Å². The topological polar surface area (TPSA) is 44.4 Å². The number of rotatable bonds is 6. The monoisotopic (exact) mass is 279 g/mol. The molecule has 2 N–H and O–H groups in total. The predicted molar refractivity (Wildman–Crippen MR) is 80.6 cm³/mol. The molecule has 1 amide bonds. The van der Waals surface area contributed by atoms with E-state index < -0.39 is 0 Å². The second-order valence-electron chi connectivity index (χ2n) is 6.89. The molecule has 3 fully saturated rings. The Kier molecular flexibility index (Phi) is 4.94. The lowest BCUT2D eigenvalue weighted by atomic mass is 10.0. The summed E-state index contributed by atoms with van der Waals surface area (Å²) in [5, 5.41) is 6.46. The maximum atomic E-state index is 11.9. The highest BCUT2D eigenvalue weighted by molar-refractivity contribution is 5.78. The summed E-state index contributed by atoms with van der Waals surface area (Å²) in [6.45, 7) is 3.86. The van der Waals surface area contributed by atoms with Gasteiger partial charge in [0.2, 0.25) is 5.91 Å². The number of carbonyl (C=O) groups excluding carboxylic acids is 1. The van der Waals surface area contributed by atoms with Gasteiger partial charge < -0.3 is 15.5 Å². The first kappa shape index (κ1) is 14.3. The number of nitrogens with one attached hydrogen (secondary N) is 2. The van der Waals surface area contributed by atoms with E-state index in [4.69, 9.17) is 0 Å². The molecule has 0 aromatic heterocycles. The molecule has 20 heavy (non-hydrogen) atoms. The molecule has 4 heteroatoms. The third kappa shape index (κ3) is 4.19. The Morgan fingerprint density at radius 2 is 1.70 bits per heavy atom. The first-order valence-corrected chi connectivity index (χ1v) is 8.55. The van der Waals surface area contributed by atoms with Crippen molar-refractivity contribution in [3.8, 4) is 0 Å². The SMILES string of the molecule is O=C(CNCC1CC1)NC1CCN(C2CCCC2)CC1. The Balaban J connectivity index is 1.29. The number of carbonyl (C=O) groups is 1. The van der Waals surface area contributed by atoms with Gasteiger partial charge in [0, 0.05) is 25.2 Å². The normalized spacial score (nSPS) is 26.0. The largest absolute Gasteiger partial charge is 0.352 e. The first-order chi connectivity index (χ1) is 9.81. The molecule has 0 unspecified atom stereocenters. The van der Waals surface area contributed by atoms with E-state index >= 15 is 0 Å². The van der Waals surface area contributed by atoms with E-state index in [1.54, 1.807) is 0 Å². The standard InChI is InChI=1S/C16H29N3O/c20-16(12-17-11-13-5-6-13)18-14-7-9-19(10-8-14)15-3-1-2-4-15/h13-15,17H,1-12H2,(H,18,20). The maximum Gasteiger partial charge on any atom is 0.234 e. The molecule has 0 spiro atoms. The van der Waals surface area contributed by atoms with Crippen LogP contribution in [0.5, 0.6) is 0 Å². The number of piperidine rings is 1. The molecular formula is C16H29N3O. The van der Waals surface area contributed by atoms with Gasteiger partial charge in [-0.1, -0.05) is 12.8 Å². The predicted octanol–water partition coefficient (Wildman–Crippen LogP) is 1.51. The average molecular weight is 279 g/mol. The Labute approximate surface area is 122 Å². The van der Waals surface area contributed by atoms with Crippen LogP contribution in [-0.2, 0) is 4.79 Å². The molecule has 1 saturated heterocycles. The first-order valence-electron chi connectivity index (χ1n) is 8.55. The Morgan fingerprint density at radius 3 is 2.35 bits per heavy atom. The third-order valence-electron chi connectivity index (χ3n) is 5.15. The van der Waals surface area contributed by atoms with E-state index in [9.17, 15) is 4.79 Å². The van der Waals surface area contributed by atoms with Gasteiger partial charge in [-0.2, -0.15) is 0 Å². The third-order valence-corrected chi connectivity index (χ3v) is 5.15. The number of hydrogen-bond acceptors (Lipinski definition) is 3. The Hall–Kier alpha value is -0.610. The van der Waals surface area contributed by atoms with Crippen molar-refractivity contribution in [1.82, 2.24) is 15.5 Å². The van der Waals surface area contributed by atoms with Crippen LogP contribution in [0.3, 0.4) is 0 Å². The summed E-state index contributed by atoms with van der Waals surface area (Å²) in [4.78, 5) is 14.5. The van der Waals surface area contributed by atoms with E-state index in [0.717, 1.165) is 31.3 Å². The number of nitrogens with zero attached hydrogens (tertiary/aromatic N) is 1. The zero-order chi connectivity index (χ0) is 13.8. The quantitative estimate of drug-likeness (QED) is 0.774. The molecule has 0 atom stereocenters. The summed E-state index contributed by atoms with van der Waals surface area (Å²) in [7, 11) is 0. The molecule has 2 saturated carbocycles. The van der Waals surface area contributed by atoms with Gasteiger partial charge in [0.05, 0.1) is 6.54 Å². The van der Waals surface area contributed by atoms with Gasteiger partial charge >= 0.3 is 0 Å². The number of likely N-dealkylation sites (tertiary alicyclic amines) is 1. The summed E-state index contributed by atoms with van der Waals surface area (Å²) in [5.41, 5.74) is 0. The number of amides is 1. The molecule has 4 nitrogen and oxygen atoms in total. The molecule has 2 aliphatic carbocycles. The minimum absolute atomic E-state index is 0.185. The van der Waals surface area contributed by atoms with Crippen molar-refractivity contribution in [2.24, 2.45) is 5.92 Å². The van der Waals surface area contributed by atoms with Gasteiger partial charge in [-0.15, -0.1) is 0 Å². The van der Waals surface area contributed by atoms with Crippen molar-refractivity contribution in [1.29, 1.82) is 0 Å². The molecule has 0 aromatic carbocycles. The van der Waals surface area contributed by atoms with Crippen LogP contribution in [0.15, 0.2) is 0 Å². The molecule has 0 aromatic rings. The van der Waals surface area contributed by atoms with Crippen molar-refractivity contribution in [2.45, 2.75) is 63.5 Å². The van der Waals surface area contributed by atoms with Crippen molar-refractivity contribution >= 4 is 5.91 Å². The molecule has 1 heterocycles. The fraction of sp³-hybridized carbons (Fsp3) is 0.938. The lowest BCUT2D eigenvalue weighted by molar-refractivity contribution is -0.121. The number of hydrogen-bond donors (Lipinski definition) is 2. The van der Waals surface area contributed by atoms with Gasteiger partial charge in [-0.05, 0) is 51.0 Å². The summed E-state index contributed by atoms with van der Waals surface area (Å²) in [6.07, 6.45) is 10.5. The van der Waals surface area contributed by atoms with Gasteiger partial charge in [0.15, 0.2) is 0 Å². The van der Waals surface area contributed by atoms with Gasteiger partial charge in [-0.3, -0.25) is 4.79 Å². The summed E-state index contributed by atoms with van der Waals surface area (Å²) < 4.78 is 0.